The van der Waals surface area contributed by atoms with Gasteiger partial charge in [-0.1, -0.05) is 26.0 Å². The van der Waals surface area contributed by atoms with Gasteiger partial charge in [0.1, 0.15) is 5.82 Å². The molecular weight excluding hydrogens is 281 g/mol. The van der Waals surface area contributed by atoms with Crippen molar-refractivity contribution in [2.75, 3.05) is 13.1 Å². The van der Waals surface area contributed by atoms with E-state index in [4.69, 9.17) is 0 Å². The van der Waals surface area contributed by atoms with Gasteiger partial charge in [-0.2, -0.15) is 0 Å². The highest BCUT2D eigenvalue weighted by Crippen LogP contribution is 2.22. The van der Waals surface area contributed by atoms with E-state index >= 15 is 0 Å². The first-order valence-electron chi connectivity index (χ1n) is 6.28. The molecule has 3 heteroatoms. The maximum Gasteiger partial charge on any atom is 0.137 e. The van der Waals surface area contributed by atoms with Gasteiger partial charge in [0.2, 0.25) is 0 Å². The second-order valence-electron chi connectivity index (χ2n) is 4.56. The van der Waals surface area contributed by atoms with Crippen molar-refractivity contribution in [3.8, 4) is 0 Å². The van der Waals surface area contributed by atoms with Gasteiger partial charge in [0.25, 0.3) is 0 Å². The summed E-state index contributed by atoms with van der Waals surface area (Å²) in [6.07, 6.45) is 3.17. The lowest BCUT2D eigenvalue weighted by Crippen LogP contribution is -2.22. The highest BCUT2D eigenvalue weighted by molar-refractivity contribution is 9.10. The first kappa shape index (κ1) is 14.7. The Morgan fingerprint density at radius 3 is 2.88 bits per heavy atom. The number of rotatable bonds is 7. The third-order valence-electron chi connectivity index (χ3n) is 2.86. The first-order chi connectivity index (χ1) is 8.15. The van der Waals surface area contributed by atoms with Gasteiger partial charge in [0.05, 0.1) is 4.47 Å². The van der Waals surface area contributed by atoms with E-state index in [0.29, 0.717) is 10.4 Å². The standard InChI is InChI=1S/C14H21BrFN/c1-3-9-17-10-11(2)7-8-12-5-4-6-13(16)14(12)15/h4-6,11,17H,3,7-10H2,1-2H3. The Labute approximate surface area is 112 Å². The minimum Gasteiger partial charge on any atom is -0.316 e. The number of nitrogens with one attached hydrogen (secondary N) is 1. The molecule has 0 heterocycles. The summed E-state index contributed by atoms with van der Waals surface area (Å²) < 4.78 is 13.9. The molecule has 0 spiro atoms. The zero-order chi connectivity index (χ0) is 12.7. The van der Waals surface area contributed by atoms with Gasteiger partial charge in [0, 0.05) is 0 Å². The van der Waals surface area contributed by atoms with Gasteiger partial charge in [-0.3, -0.25) is 0 Å². The Kier molecular flexibility index (Phi) is 6.75. The average molecular weight is 302 g/mol. The minimum atomic E-state index is -0.167. The van der Waals surface area contributed by atoms with Crippen molar-refractivity contribution < 1.29 is 4.39 Å². The summed E-state index contributed by atoms with van der Waals surface area (Å²) in [5.74, 6) is 0.455. The van der Waals surface area contributed by atoms with Gasteiger partial charge in [-0.25, -0.2) is 4.39 Å². The second-order valence-corrected chi connectivity index (χ2v) is 5.35. The van der Waals surface area contributed by atoms with Crippen LogP contribution in [0.25, 0.3) is 0 Å². The van der Waals surface area contributed by atoms with Crippen molar-refractivity contribution in [2.24, 2.45) is 5.92 Å². The average Bonchev–Trinajstić information content (AvgIpc) is 2.31. The van der Waals surface area contributed by atoms with Crippen molar-refractivity contribution in [3.05, 3.63) is 34.1 Å². The monoisotopic (exact) mass is 301 g/mol. The summed E-state index contributed by atoms with van der Waals surface area (Å²) in [5.41, 5.74) is 1.06. The van der Waals surface area contributed by atoms with E-state index in [1.165, 1.54) is 12.5 Å². The van der Waals surface area contributed by atoms with Crippen molar-refractivity contribution in [3.63, 3.8) is 0 Å². The van der Waals surface area contributed by atoms with Crippen LogP contribution in [-0.2, 0) is 6.42 Å². The predicted molar refractivity (Wildman–Crippen MR) is 74.7 cm³/mol. The lowest BCUT2D eigenvalue weighted by molar-refractivity contribution is 0.480. The molecule has 0 saturated heterocycles. The maximum absolute atomic E-state index is 13.3. The molecule has 1 unspecified atom stereocenters. The molecule has 0 bridgehead atoms. The van der Waals surface area contributed by atoms with E-state index in [1.54, 1.807) is 6.07 Å². The van der Waals surface area contributed by atoms with Gasteiger partial charge in [-0.15, -0.1) is 0 Å². The lowest BCUT2D eigenvalue weighted by Gasteiger charge is -2.13. The van der Waals surface area contributed by atoms with E-state index in [2.05, 4.69) is 35.1 Å². The van der Waals surface area contributed by atoms with Crippen LogP contribution in [-0.4, -0.2) is 13.1 Å². The molecule has 0 fully saturated rings. The van der Waals surface area contributed by atoms with Gasteiger partial charge in [-0.05, 0) is 65.8 Å². The van der Waals surface area contributed by atoms with Crippen molar-refractivity contribution in [1.29, 1.82) is 0 Å². The molecule has 0 radical (unpaired) electrons. The summed E-state index contributed by atoms with van der Waals surface area (Å²) in [7, 11) is 0. The summed E-state index contributed by atoms with van der Waals surface area (Å²) >= 11 is 3.30. The van der Waals surface area contributed by atoms with Crippen LogP contribution in [0.2, 0.25) is 0 Å². The normalized spacial score (nSPS) is 12.7. The van der Waals surface area contributed by atoms with Crippen molar-refractivity contribution >= 4 is 15.9 Å². The highest BCUT2D eigenvalue weighted by Gasteiger charge is 2.07. The fourth-order valence-electron chi connectivity index (χ4n) is 1.77. The van der Waals surface area contributed by atoms with Crippen LogP contribution in [0, 0.1) is 11.7 Å². The summed E-state index contributed by atoms with van der Waals surface area (Å²) in [4.78, 5) is 0. The number of hydrogen-bond acceptors (Lipinski definition) is 1. The molecule has 0 aromatic heterocycles. The van der Waals surface area contributed by atoms with Crippen LogP contribution in [0.1, 0.15) is 32.3 Å². The summed E-state index contributed by atoms with van der Waals surface area (Å²) in [6.45, 7) is 6.52. The molecule has 96 valence electrons. The van der Waals surface area contributed by atoms with Gasteiger partial charge >= 0.3 is 0 Å². The van der Waals surface area contributed by atoms with Crippen LogP contribution in [0.4, 0.5) is 4.39 Å². The topological polar surface area (TPSA) is 12.0 Å². The molecule has 0 amide bonds. The lowest BCUT2D eigenvalue weighted by atomic mass is 10.0. The number of hydrogen-bond donors (Lipinski definition) is 1. The highest BCUT2D eigenvalue weighted by atomic mass is 79.9. The van der Waals surface area contributed by atoms with Crippen molar-refractivity contribution in [2.45, 2.75) is 33.1 Å². The van der Waals surface area contributed by atoms with Crippen LogP contribution in [0.5, 0.6) is 0 Å². The molecule has 0 aliphatic carbocycles. The van der Waals surface area contributed by atoms with Gasteiger partial charge < -0.3 is 5.32 Å². The molecule has 0 saturated carbocycles. The SMILES string of the molecule is CCCNCC(C)CCc1cccc(F)c1Br. The van der Waals surface area contributed by atoms with Crippen molar-refractivity contribution in [1.82, 2.24) is 5.32 Å². The predicted octanol–water partition coefficient (Wildman–Crippen LogP) is 4.16. The Balaban J connectivity index is 2.37. The Morgan fingerprint density at radius 1 is 1.41 bits per heavy atom. The van der Waals surface area contributed by atoms with Gasteiger partial charge in [0.15, 0.2) is 0 Å². The fraction of sp³-hybridized carbons (Fsp3) is 0.571. The zero-order valence-electron chi connectivity index (χ0n) is 10.6. The summed E-state index contributed by atoms with van der Waals surface area (Å²) in [6, 6.07) is 5.24. The maximum atomic E-state index is 13.3. The fourth-order valence-corrected chi connectivity index (χ4v) is 2.23. The quantitative estimate of drug-likeness (QED) is 0.746. The molecule has 1 atom stereocenters. The molecule has 1 N–H and O–H groups in total. The zero-order valence-corrected chi connectivity index (χ0v) is 12.2. The largest absolute Gasteiger partial charge is 0.316 e. The van der Waals surface area contributed by atoms with E-state index in [-0.39, 0.29) is 5.82 Å². The number of benzene rings is 1. The molecule has 1 nitrogen and oxygen atoms in total. The first-order valence-corrected chi connectivity index (χ1v) is 7.08. The van der Waals surface area contributed by atoms with Crippen LogP contribution in [0.15, 0.2) is 22.7 Å². The third-order valence-corrected chi connectivity index (χ3v) is 3.75. The smallest absolute Gasteiger partial charge is 0.137 e. The molecule has 17 heavy (non-hydrogen) atoms. The molecule has 1 aromatic carbocycles. The third kappa shape index (κ3) is 5.17. The van der Waals surface area contributed by atoms with E-state index in [9.17, 15) is 4.39 Å². The molecular formula is C14H21BrFN. The molecule has 0 aliphatic rings. The Hall–Kier alpha value is -0.410. The summed E-state index contributed by atoms with van der Waals surface area (Å²) in [5, 5.41) is 3.41. The van der Waals surface area contributed by atoms with E-state index < -0.39 is 0 Å². The second kappa shape index (κ2) is 7.83. The number of aryl methyl sites for hydroxylation is 1. The molecule has 1 aromatic rings. The van der Waals surface area contributed by atoms with Crippen LogP contribution in [0.3, 0.4) is 0 Å². The number of halogens is 2. The molecule has 1 rings (SSSR count). The Bertz CT molecular complexity index is 341. The molecule has 0 aliphatic heterocycles. The van der Waals surface area contributed by atoms with Crippen LogP contribution < -0.4 is 5.32 Å². The van der Waals surface area contributed by atoms with E-state index in [0.717, 1.165) is 31.5 Å². The Morgan fingerprint density at radius 2 is 2.18 bits per heavy atom. The van der Waals surface area contributed by atoms with Crippen LogP contribution >= 0.6 is 15.9 Å². The minimum absolute atomic E-state index is 0.167. The van der Waals surface area contributed by atoms with E-state index in [1.807, 2.05) is 6.07 Å².